The number of benzene rings is 1. The van der Waals surface area contributed by atoms with Crippen molar-refractivity contribution in [2.75, 3.05) is 7.11 Å². The summed E-state index contributed by atoms with van der Waals surface area (Å²) in [5, 5.41) is 0. The van der Waals surface area contributed by atoms with E-state index in [0.29, 0.717) is 18.4 Å². The Kier molecular flexibility index (Phi) is 4.03. The van der Waals surface area contributed by atoms with Crippen LogP contribution in [0.5, 0.6) is 0 Å². The Morgan fingerprint density at radius 2 is 1.80 bits per heavy atom. The van der Waals surface area contributed by atoms with Gasteiger partial charge in [0.15, 0.2) is 0 Å². The molecule has 0 aliphatic heterocycles. The Morgan fingerprint density at radius 1 is 1.20 bits per heavy atom. The average molecular weight is 206 g/mol. The molecular formula is C12H14O3. The second-order valence-electron chi connectivity index (χ2n) is 3.26. The molecular weight excluding hydrogens is 192 g/mol. The first-order valence-corrected chi connectivity index (χ1v) is 4.86. The number of hydrogen-bond acceptors (Lipinski definition) is 3. The number of Topliss-reactive ketones (excluding diaryl/α,β-unsaturated/α-hetero) is 1. The lowest BCUT2D eigenvalue weighted by Crippen LogP contribution is -2.03. The molecule has 0 saturated heterocycles. The van der Waals surface area contributed by atoms with Crippen LogP contribution in [0.15, 0.2) is 24.3 Å². The summed E-state index contributed by atoms with van der Waals surface area (Å²) in [5.74, 6) is -0.163. The van der Waals surface area contributed by atoms with Crippen LogP contribution in [0.1, 0.15) is 29.3 Å². The molecule has 0 amide bonds. The number of carbonyl (C=O) groups excluding carboxylic acids is 2. The highest BCUT2D eigenvalue weighted by Gasteiger charge is 2.05. The van der Waals surface area contributed by atoms with Crippen LogP contribution in [0, 0.1) is 0 Å². The normalized spacial score (nSPS) is 9.73. The number of hydrogen-bond donors (Lipinski definition) is 0. The second-order valence-corrected chi connectivity index (χ2v) is 3.26. The molecule has 1 rings (SSSR count). The summed E-state index contributed by atoms with van der Waals surface area (Å²) in [6.07, 6.45) is 0.969. The molecule has 0 radical (unpaired) electrons. The summed E-state index contributed by atoms with van der Waals surface area (Å²) < 4.78 is 4.57. The Hall–Kier alpha value is -1.64. The minimum Gasteiger partial charge on any atom is -0.465 e. The quantitative estimate of drug-likeness (QED) is 0.707. The van der Waals surface area contributed by atoms with E-state index in [9.17, 15) is 9.59 Å². The van der Waals surface area contributed by atoms with E-state index in [4.69, 9.17) is 0 Å². The molecule has 0 unspecified atom stereocenters. The van der Waals surface area contributed by atoms with Gasteiger partial charge in [-0.25, -0.2) is 4.79 Å². The molecule has 0 bridgehead atoms. The summed E-state index contributed by atoms with van der Waals surface area (Å²) in [6, 6.07) is 6.90. The van der Waals surface area contributed by atoms with Crippen LogP contribution in [0.2, 0.25) is 0 Å². The Morgan fingerprint density at radius 3 is 2.27 bits per heavy atom. The van der Waals surface area contributed by atoms with E-state index >= 15 is 0 Å². The highest BCUT2D eigenvalue weighted by Crippen LogP contribution is 2.07. The minimum absolute atomic E-state index is 0.195. The first-order chi connectivity index (χ1) is 7.17. The largest absolute Gasteiger partial charge is 0.465 e. The van der Waals surface area contributed by atoms with E-state index in [1.807, 2.05) is 6.92 Å². The Labute approximate surface area is 89.1 Å². The van der Waals surface area contributed by atoms with E-state index in [-0.39, 0.29) is 11.8 Å². The maximum atomic E-state index is 11.2. The number of methoxy groups -OCH3 is 1. The van der Waals surface area contributed by atoms with E-state index in [0.717, 1.165) is 5.56 Å². The molecule has 3 heteroatoms. The molecule has 80 valence electrons. The van der Waals surface area contributed by atoms with E-state index < -0.39 is 0 Å². The molecule has 0 saturated carbocycles. The molecule has 0 atom stereocenters. The highest BCUT2D eigenvalue weighted by molar-refractivity contribution is 5.89. The van der Waals surface area contributed by atoms with Crippen molar-refractivity contribution in [2.45, 2.75) is 19.8 Å². The van der Waals surface area contributed by atoms with Gasteiger partial charge in [0.05, 0.1) is 12.7 Å². The van der Waals surface area contributed by atoms with E-state index in [2.05, 4.69) is 4.74 Å². The zero-order valence-electron chi connectivity index (χ0n) is 8.95. The average Bonchev–Trinajstić information content (AvgIpc) is 2.29. The van der Waals surface area contributed by atoms with Crippen LogP contribution in [-0.2, 0) is 16.0 Å². The van der Waals surface area contributed by atoms with Crippen LogP contribution in [0.3, 0.4) is 0 Å². The van der Waals surface area contributed by atoms with E-state index in [1.165, 1.54) is 7.11 Å². The number of ether oxygens (including phenoxy) is 1. The van der Waals surface area contributed by atoms with Crippen molar-refractivity contribution < 1.29 is 14.3 Å². The molecule has 0 spiro atoms. The van der Waals surface area contributed by atoms with Gasteiger partial charge in [-0.15, -0.1) is 0 Å². The monoisotopic (exact) mass is 206 g/mol. The fraction of sp³-hybridized carbons (Fsp3) is 0.333. The molecule has 0 aromatic heterocycles. The maximum Gasteiger partial charge on any atom is 0.337 e. The van der Waals surface area contributed by atoms with Crippen molar-refractivity contribution in [1.29, 1.82) is 0 Å². The third-order valence-corrected chi connectivity index (χ3v) is 2.17. The topological polar surface area (TPSA) is 43.4 Å². The molecule has 0 aliphatic rings. The van der Waals surface area contributed by atoms with Crippen molar-refractivity contribution >= 4 is 11.8 Å². The third kappa shape index (κ3) is 3.20. The van der Waals surface area contributed by atoms with Crippen molar-refractivity contribution in [3.8, 4) is 0 Å². The van der Waals surface area contributed by atoms with Gasteiger partial charge >= 0.3 is 5.97 Å². The first kappa shape index (κ1) is 11.4. The van der Waals surface area contributed by atoms with Gasteiger partial charge in [0.1, 0.15) is 5.78 Å². The summed E-state index contributed by atoms with van der Waals surface area (Å²) in [5.41, 5.74) is 1.43. The lowest BCUT2D eigenvalue weighted by atomic mass is 10.1. The molecule has 0 aliphatic carbocycles. The van der Waals surface area contributed by atoms with Crippen LogP contribution in [0.4, 0.5) is 0 Å². The van der Waals surface area contributed by atoms with Gasteiger partial charge in [0.25, 0.3) is 0 Å². The molecule has 0 N–H and O–H groups in total. The maximum absolute atomic E-state index is 11.2. The van der Waals surface area contributed by atoms with Crippen LogP contribution in [-0.4, -0.2) is 18.9 Å². The summed E-state index contributed by atoms with van der Waals surface area (Å²) in [7, 11) is 1.34. The second kappa shape index (κ2) is 5.29. The predicted octanol–water partition coefficient (Wildman–Crippen LogP) is 1.99. The zero-order valence-corrected chi connectivity index (χ0v) is 8.95. The predicted molar refractivity (Wildman–Crippen MR) is 56.8 cm³/mol. The molecule has 1 aromatic carbocycles. The van der Waals surface area contributed by atoms with Gasteiger partial charge < -0.3 is 4.74 Å². The molecule has 15 heavy (non-hydrogen) atoms. The van der Waals surface area contributed by atoms with Crippen molar-refractivity contribution in [3.05, 3.63) is 35.4 Å². The number of ketones is 1. The van der Waals surface area contributed by atoms with Gasteiger partial charge in [0, 0.05) is 12.8 Å². The Balaban J connectivity index is 2.72. The lowest BCUT2D eigenvalue weighted by Gasteiger charge is -2.01. The van der Waals surface area contributed by atoms with E-state index in [1.54, 1.807) is 24.3 Å². The van der Waals surface area contributed by atoms with Gasteiger partial charge in [-0.2, -0.15) is 0 Å². The first-order valence-electron chi connectivity index (χ1n) is 4.86. The highest BCUT2D eigenvalue weighted by atomic mass is 16.5. The fourth-order valence-corrected chi connectivity index (χ4v) is 1.23. The number of esters is 1. The van der Waals surface area contributed by atoms with Gasteiger partial charge in [-0.3, -0.25) is 4.79 Å². The zero-order chi connectivity index (χ0) is 11.3. The Bertz CT molecular complexity index is 352. The van der Waals surface area contributed by atoms with Crippen molar-refractivity contribution in [1.82, 2.24) is 0 Å². The van der Waals surface area contributed by atoms with Gasteiger partial charge in [-0.1, -0.05) is 19.1 Å². The van der Waals surface area contributed by atoms with Crippen molar-refractivity contribution in [2.24, 2.45) is 0 Å². The third-order valence-electron chi connectivity index (χ3n) is 2.17. The molecule has 1 aromatic rings. The fourth-order valence-electron chi connectivity index (χ4n) is 1.23. The standard InChI is InChI=1S/C12H14O3/c1-3-11(13)8-9-4-6-10(7-5-9)12(14)15-2/h4-7H,3,8H2,1-2H3. The minimum atomic E-state index is -0.358. The number of carbonyl (C=O) groups is 2. The van der Waals surface area contributed by atoms with Gasteiger partial charge in [-0.05, 0) is 17.7 Å². The molecule has 3 nitrogen and oxygen atoms in total. The van der Waals surface area contributed by atoms with Gasteiger partial charge in [0.2, 0.25) is 0 Å². The lowest BCUT2D eigenvalue weighted by molar-refractivity contribution is -0.118. The van der Waals surface area contributed by atoms with Crippen LogP contribution < -0.4 is 0 Å². The summed E-state index contributed by atoms with van der Waals surface area (Å²) >= 11 is 0. The SMILES string of the molecule is CCC(=O)Cc1ccc(C(=O)OC)cc1. The smallest absolute Gasteiger partial charge is 0.337 e. The van der Waals surface area contributed by atoms with Crippen LogP contribution in [0.25, 0.3) is 0 Å². The molecule has 0 heterocycles. The number of rotatable bonds is 4. The van der Waals surface area contributed by atoms with Crippen molar-refractivity contribution in [3.63, 3.8) is 0 Å². The summed E-state index contributed by atoms with van der Waals surface area (Å²) in [4.78, 5) is 22.3. The molecule has 0 fully saturated rings. The van der Waals surface area contributed by atoms with Crippen LogP contribution >= 0.6 is 0 Å². The summed E-state index contributed by atoms with van der Waals surface area (Å²) in [6.45, 7) is 1.84.